The van der Waals surface area contributed by atoms with E-state index in [1.807, 2.05) is 17.1 Å². The van der Waals surface area contributed by atoms with Crippen molar-refractivity contribution in [2.75, 3.05) is 6.61 Å². The standard InChI is InChI=1S/C14H21IO3/c1-10(9-16)4-3-5-12-7-13(18-14(12)17)6-11(2)8-15/h4,8,12-13,16H,3,5-7,9H2,1-2H3/b10-4+,11-8-/t12?,13-/m1/s1. The molecule has 1 saturated heterocycles. The monoisotopic (exact) mass is 364 g/mol. The van der Waals surface area contributed by atoms with Gasteiger partial charge in [0.25, 0.3) is 0 Å². The summed E-state index contributed by atoms with van der Waals surface area (Å²) in [6.45, 7) is 4.04. The molecule has 0 aliphatic carbocycles. The van der Waals surface area contributed by atoms with Gasteiger partial charge in [0, 0.05) is 6.42 Å². The summed E-state index contributed by atoms with van der Waals surface area (Å²) < 4.78 is 7.41. The zero-order chi connectivity index (χ0) is 13.5. The van der Waals surface area contributed by atoms with Gasteiger partial charge in [0.2, 0.25) is 0 Å². The number of aliphatic hydroxyl groups is 1. The molecule has 0 bridgehead atoms. The summed E-state index contributed by atoms with van der Waals surface area (Å²) >= 11 is 2.21. The molecule has 0 aromatic heterocycles. The lowest BCUT2D eigenvalue weighted by Gasteiger charge is -2.07. The van der Waals surface area contributed by atoms with Gasteiger partial charge in [-0.15, -0.1) is 0 Å². The maximum atomic E-state index is 11.7. The first kappa shape index (κ1) is 15.7. The summed E-state index contributed by atoms with van der Waals surface area (Å²) in [6, 6.07) is 0. The van der Waals surface area contributed by atoms with Crippen molar-refractivity contribution in [3.05, 3.63) is 21.3 Å². The minimum absolute atomic E-state index is 0.0276. The largest absolute Gasteiger partial charge is 0.462 e. The van der Waals surface area contributed by atoms with E-state index in [4.69, 9.17) is 9.84 Å². The summed E-state index contributed by atoms with van der Waals surface area (Å²) in [6.07, 6.45) is 5.37. The number of esters is 1. The fraction of sp³-hybridized carbons (Fsp3) is 0.643. The predicted octanol–water partition coefficient (Wildman–Crippen LogP) is 3.37. The minimum Gasteiger partial charge on any atom is -0.462 e. The Morgan fingerprint density at radius 3 is 2.83 bits per heavy atom. The predicted molar refractivity (Wildman–Crippen MR) is 80.5 cm³/mol. The van der Waals surface area contributed by atoms with Crippen LogP contribution in [0.25, 0.3) is 0 Å². The second-order valence-electron chi connectivity index (χ2n) is 4.94. The number of rotatable bonds is 6. The number of allylic oxidation sites excluding steroid dienone is 1. The molecule has 0 saturated carbocycles. The third-order valence-corrected chi connectivity index (χ3v) is 4.22. The Kier molecular flexibility index (Phi) is 6.92. The number of carbonyl (C=O) groups is 1. The molecule has 0 amide bonds. The van der Waals surface area contributed by atoms with E-state index in [1.54, 1.807) is 0 Å². The van der Waals surface area contributed by atoms with Gasteiger partial charge in [-0.1, -0.05) is 39.8 Å². The molecule has 18 heavy (non-hydrogen) atoms. The summed E-state index contributed by atoms with van der Waals surface area (Å²) in [5, 5.41) is 8.88. The number of carbonyl (C=O) groups excluding carboxylic acids is 1. The smallest absolute Gasteiger partial charge is 0.309 e. The highest BCUT2D eigenvalue weighted by atomic mass is 127. The van der Waals surface area contributed by atoms with Gasteiger partial charge < -0.3 is 9.84 Å². The van der Waals surface area contributed by atoms with E-state index in [0.29, 0.717) is 0 Å². The molecule has 1 rings (SSSR count). The van der Waals surface area contributed by atoms with Gasteiger partial charge in [-0.3, -0.25) is 4.79 Å². The molecule has 4 heteroatoms. The Bertz CT molecular complexity index is 347. The molecule has 2 atom stereocenters. The molecule has 0 spiro atoms. The number of aliphatic hydroxyl groups excluding tert-OH is 1. The van der Waals surface area contributed by atoms with E-state index in [0.717, 1.165) is 31.3 Å². The van der Waals surface area contributed by atoms with Gasteiger partial charge in [0.05, 0.1) is 12.5 Å². The first-order valence-electron chi connectivity index (χ1n) is 6.29. The van der Waals surface area contributed by atoms with Gasteiger partial charge in [-0.2, -0.15) is 0 Å². The Hall–Kier alpha value is -0.360. The summed E-state index contributed by atoms with van der Waals surface area (Å²) in [5.41, 5.74) is 2.21. The molecule has 1 heterocycles. The molecule has 1 unspecified atom stereocenters. The third-order valence-electron chi connectivity index (χ3n) is 3.16. The number of halogens is 1. The Morgan fingerprint density at radius 2 is 2.22 bits per heavy atom. The van der Waals surface area contributed by atoms with Gasteiger partial charge in [0.15, 0.2) is 0 Å². The van der Waals surface area contributed by atoms with E-state index in [9.17, 15) is 4.79 Å². The number of cyclic esters (lactones) is 1. The highest BCUT2D eigenvalue weighted by Crippen LogP contribution is 2.29. The van der Waals surface area contributed by atoms with Crippen LogP contribution in [0.2, 0.25) is 0 Å². The highest BCUT2D eigenvalue weighted by Gasteiger charge is 2.33. The first-order valence-corrected chi connectivity index (χ1v) is 7.54. The lowest BCUT2D eigenvalue weighted by atomic mass is 9.96. The van der Waals surface area contributed by atoms with Crippen molar-refractivity contribution in [3.63, 3.8) is 0 Å². The van der Waals surface area contributed by atoms with Crippen molar-refractivity contribution in [2.45, 2.75) is 45.6 Å². The molecule has 0 radical (unpaired) electrons. The Labute approximate surface area is 122 Å². The average Bonchev–Trinajstić information content (AvgIpc) is 2.69. The molecular formula is C14H21IO3. The van der Waals surface area contributed by atoms with Crippen LogP contribution in [0, 0.1) is 5.92 Å². The van der Waals surface area contributed by atoms with Crippen LogP contribution in [0.5, 0.6) is 0 Å². The van der Waals surface area contributed by atoms with Gasteiger partial charge in [-0.25, -0.2) is 0 Å². The van der Waals surface area contributed by atoms with Crippen molar-refractivity contribution in [1.29, 1.82) is 0 Å². The summed E-state index contributed by atoms with van der Waals surface area (Å²) in [7, 11) is 0. The van der Waals surface area contributed by atoms with Crippen LogP contribution in [-0.2, 0) is 9.53 Å². The topological polar surface area (TPSA) is 46.5 Å². The zero-order valence-electron chi connectivity index (χ0n) is 11.0. The van der Waals surface area contributed by atoms with Crippen LogP contribution in [-0.4, -0.2) is 23.8 Å². The maximum Gasteiger partial charge on any atom is 0.309 e. The van der Waals surface area contributed by atoms with Crippen LogP contribution in [0.3, 0.4) is 0 Å². The van der Waals surface area contributed by atoms with E-state index in [1.165, 1.54) is 5.57 Å². The Balaban J connectivity index is 2.38. The van der Waals surface area contributed by atoms with E-state index < -0.39 is 0 Å². The van der Waals surface area contributed by atoms with Gasteiger partial charge in [-0.05, 0) is 37.2 Å². The SMILES string of the molecule is C/C(=C/I)C[C@@H]1CC(CC/C=C(\C)CO)C(=O)O1. The van der Waals surface area contributed by atoms with Crippen molar-refractivity contribution in [3.8, 4) is 0 Å². The fourth-order valence-electron chi connectivity index (χ4n) is 2.08. The van der Waals surface area contributed by atoms with Gasteiger partial charge in [0.1, 0.15) is 6.10 Å². The molecule has 3 nitrogen and oxygen atoms in total. The number of hydrogen-bond donors (Lipinski definition) is 1. The van der Waals surface area contributed by atoms with E-state index in [-0.39, 0.29) is 24.6 Å². The minimum atomic E-state index is -0.0590. The molecule has 0 aromatic rings. The van der Waals surface area contributed by atoms with Gasteiger partial charge >= 0.3 is 5.97 Å². The van der Waals surface area contributed by atoms with Crippen LogP contribution in [0.4, 0.5) is 0 Å². The number of ether oxygens (including phenoxy) is 1. The number of hydrogen-bond acceptors (Lipinski definition) is 3. The van der Waals surface area contributed by atoms with Crippen molar-refractivity contribution >= 4 is 28.6 Å². The zero-order valence-corrected chi connectivity index (χ0v) is 13.1. The Morgan fingerprint density at radius 1 is 1.50 bits per heavy atom. The lowest BCUT2D eigenvalue weighted by Crippen LogP contribution is -2.07. The molecule has 1 aliphatic rings. The van der Waals surface area contributed by atoms with E-state index in [2.05, 4.69) is 29.5 Å². The van der Waals surface area contributed by atoms with Crippen molar-refractivity contribution in [2.24, 2.45) is 5.92 Å². The molecule has 1 fully saturated rings. The molecule has 1 aliphatic heterocycles. The summed E-state index contributed by atoms with van der Waals surface area (Å²) in [5.74, 6) is -0.0314. The van der Waals surface area contributed by atoms with Crippen LogP contribution >= 0.6 is 22.6 Å². The lowest BCUT2D eigenvalue weighted by molar-refractivity contribution is -0.144. The quantitative estimate of drug-likeness (QED) is 0.447. The third kappa shape index (κ3) is 5.10. The highest BCUT2D eigenvalue weighted by molar-refractivity contribution is 14.1. The normalized spacial score (nSPS) is 25.4. The second-order valence-corrected chi connectivity index (χ2v) is 5.56. The van der Waals surface area contributed by atoms with Crippen LogP contribution in [0.1, 0.15) is 39.5 Å². The molecule has 1 N–H and O–H groups in total. The fourth-order valence-corrected chi connectivity index (χ4v) is 2.34. The molecular weight excluding hydrogens is 343 g/mol. The second kappa shape index (κ2) is 7.94. The van der Waals surface area contributed by atoms with Crippen molar-refractivity contribution < 1.29 is 14.6 Å². The van der Waals surface area contributed by atoms with Crippen LogP contribution in [0.15, 0.2) is 21.3 Å². The van der Waals surface area contributed by atoms with Crippen molar-refractivity contribution in [1.82, 2.24) is 0 Å². The van der Waals surface area contributed by atoms with E-state index >= 15 is 0 Å². The van der Waals surface area contributed by atoms with Crippen LogP contribution < -0.4 is 0 Å². The first-order chi connectivity index (χ1) is 8.56. The maximum absolute atomic E-state index is 11.7. The molecule has 0 aromatic carbocycles. The molecule has 102 valence electrons. The average molecular weight is 364 g/mol. The summed E-state index contributed by atoms with van der Waals surface area (Å²) in [4.78, 5) is 11.7.